The maximum absolute atomic E-state index is 12.5. The van der Waals surface area contributed by atoms with Crippen LogP contribution in [0.3, 0.4) is 0 Å². The topological polar surface area (TPSA) is 96.5 Å². The molecule has 1 fully saturated rings. The van der Waals surface area contributed by atoms with Crippen LogP contribution in [-0.2, 0) is 14.8 Å². The molecule has 0 spiro atoms. The Labute approximate surface area is 143 Å². The van der Waals surface area contributed by atoms with Gasteiger partial charge >= 0.3 is 0 Å². The molecule has 0 saturated carbocycles. The Hall–Kier alpha value is -1.48. The molecule has 0 radical (unpaired) electrons. The lowest BCUT2D eigenvalue weighted by Gasteiger charge is -2.23. The van der Waals surface area contributed by atoms with E-state index in [0.717, 1.165) is 19.4 Å². The number of sulfonamides is 1. The number of amides is 1. The second-order valence-corrected chi connectivity index (χ2v) is 7.36. The SMILES string of the molecule is CCOCCNC(=O)c1cccc(S(=O)(=O)NC2CCCNC2)c1. The summed E-state index contributed by atoms with van der Waals surface area (Å²) in [6.07, 6.45) is 1.75. The second kappa shape index (κ2) is 9.12. The average molecular weight is 355 g/mol. The fraction of sp³-hybridized carbons (Fsp3) is 0.562. The van der Waals surface area contributed by atoms with Crippen LogP contribution >= 0.6 is 0 Å². The predicted molar refractivity (Wildman–Crippen MR) is 91.5 cm³/mol. The van der Waals surface area contributed by atoms with Crippen molar-refractivity contribution in [3.63, 3.8) is 0 Å². The molecule has 1 amide bonds. The van der Waals surface area contributed by atoms with Crippen molar-refractivity contribution in [2.45, 2.75) is 30.7 Å². The molecule has 24 heavy (non-hydrogen) atoms. The minimum absolute atomic E-state index is 0.102. The van der Waals surface area contributed by atoms with Crippen LogP contribution in [0.15, 0.2) is 29.2 Å². The molecule has 8 heteroatoms. The Balaban J connectivity index is 2.01. The molecule has 0 aromatic heterocycles. The third-order valence-electron chi connectivity index (χ3n) is 3.76. The van der Waals surface area contributed by atoms with E-state index in [1.165, 1.54) is 12.1 Å². The van der Waals surface area contributed by atoms with Crippen LogP contribution in [-0.4, -0.2) is 53.2 Å². The highest BCUT2D eigenvalue weighted by Crippen LogP contribution is 2.13. The minimum Gasteiger partial charge on any atom is -0.380 e. The van der Waals surface area contributed by atoms with Gasteiger partial charge in [-0.2, -0.15) is 0 Å². The van der Waals surface area contributed by atoms with Gasteiger partial charge in [-0.1, -0.05) is 6.07 Å². The molecule has 0 bridgehead atoms. The summed E-state index contributed by atoms with van der Waals surface area (Å²) in [6.45, 7) is 4.81. The summed E-state index contributed by atoms with van der Waals surface area (Å²) in [6, 6.07) is 5.94. The number of hydrogen-bond donors (Lipinski definition) is 3. The van der Waals surface area contributed by atoms with Gasteiger partial charge in [-0.15, -0.1) is 0 Å². The molecular formula is C16H25N3O4S. The zero-order chi connectivity index (χ0) is 17.4. The Morgan fingerprint density at radius 1 is 1.42 bits per heavy atom. The van der Waals surface area contributed by atoms with E-state index in [1.807, 2.05) is 6.92 Å². The number of carbonyl (C=O) groups excluding carboxylic acids is 1. The van der Waals surface area contributed by atoms with Gasteiger partial charge in [0.05, 0.1) is 11.5 Å². The Morgan fingerprint density at radius 2 is 2.25 bits per heavy atom. The van der Waals surface area contributed by atoms with Crippen LogP contribution in [0.25, 0.3) is 0 Å². The van der Waals surface area contributed by atoms with Gasteiger partial charge in [-0.05, 0) is 44.5 Å². The summed E-state index contributed by atoms with van der Waals surface area (Å²) >= 11 is 0. The predicted octanol–water partition coefficient (Wildman–Crippen LogP) is 0.483. The number of hydrogen-bond acceptors (Lipinski definition) is 5. The van der Waals surface area contributed by atoms with Crippen molar-refractivity contribution in [3.05, 3.63) is 29.8 Å². The summed E-state index contributed by atoms with van der Waals surface area (Å²) in [7, 11) is -3.64. The van der Waals surface area contributed by atoms with Gasteiger partial charge in [-0.25, -0.2) is 13.1 Å². The maximum Gasteiger partial charge on any atom is 0.251 e. The van der Waals surface area contributed by atoms with Crippen LogP contribution < -0.4 is 15.4 Å². The maximum atomic E-state index is 12.5. The molecular weight excluding hydrogens is 330 g/mol. The van der Waals surface area contributed by atoms with Crippen LogP contribution in [0, 0.1) is 0 Å². The summed E-state index contributed by atoms with van der Waals surface area (Å²) in [5.74, 6) is -0.314. The Kier molecular flexibility index (Phi) is 7.16. The molecule has 1 heterocycles. The molecule has 7 nitrogen and oxygen atoms in total. The number of benzene rings is 1. The number of ether oxygens (including phenoxy) is 1. The van der Waals surface area contributed by atoms with Gasteiger partial charge < -0.3 is 15.4 Å². The average Bonchev–Trinajstić information content (AvgIpc) is 2.59. The lowest BCUT2D eigenvalue weighted by molar-refractivity contribution is 0.0922. The molecule has 1 atom stereocenters. The third kappa shape index (κ3) is 5.55. The number of carbonyl (C=O) groups is 1. The Morgan fingerprint density at radius 3 is 2.96 bits per heavy atom. The lowest BCUT2D eigenvalue weighted by atomic mass is 10.1. The molecule has 1 unspecified atom stereocenters. The van der Waals surface area contributed by atoms with E-state index in [2.05, 4.69) is 15.4 Å². The van der Waals surface area contributed by atoms with Crippen molar-refractivity contribution in [2.24, 2.45) is 0 Å². The van der Waals surface area contributed by atoms with Crippen LogP contribution in [0.4, 0.5) is 0 Å². The van der Waals surface area contributed by atoms with Crippen molar-refractivity contribution >= 4 is 15.9 Å². The molecule has 1 aromatic carbocycles. The van der Waals surface area contributed by atoms with Crippen LogP contribution in [0.1, 0.15) is 30.1 Å². The second-order valence-electron chi connectivity index (χ2n) is 5.65. The first kappa shape index (κ1) is 18.9. The molecule has 0 aliphatic carbocycles. The van der Waals surface area contributed by atoms with Crippen molar-refractivity contribution < 1.29 is 17.9 Å². The summed E-state index contributed by atoms with van der Waals surface area (Å²) in [4.78, 5) is 12.2. The normalized spacial score (nSPS) is 18.3. The number of rotatable bonds is 8. The highest BCUT2D eigenvalue weighted by molar-refractivity contribution is 7.89. The third-order valence-corrected chi connectivity index (χ3v) is 5.28. The highest BCUT2D eigenvalue weighted by Gasteiger charge is 2.22. The first-order chi connectivity index (χ1) is 11.5. The summed E-state index contributed by atoms with van der Waals surface area (Å²) in [5, 5.41) is 5.87. The van der Waals surface area contributed by atoms with Crippen molar-refractivity contribution in [2.75, 3.05) is 32.8 Å². The van der Waals surface area contributed by atoms with E-state index in [9.17, 15) is 13.2 Å². The molecule has 134 valence electrons. The highest BCUT2D eigenvalue weighted by atomic mass is 32.2. The standard InChI is InChI=1S/C16H25N3O4S/c1-2-23-10-9-18-16(20)13-5-3-7-15(11-13)24(21,22)19-14-6-4-8-17-12-14/h3,5,7,11,14,17,19H,2,4,6,8-10,12H2,1H3,(H,18,20). The summed E-state index contributed by atoms with van der Waals surface area (Å²) in [5.41, 5.74) is 0.316. The zero-order valence-corrected chi connectivity index (χ0v) is 14.7. The van der Waals surface area contributed by atoms with Gasteiger partial charge in [0.25, 0.3) is 5.91 Å². The fourth-order valence-corrected chi connectivity index (χ4v) is 3.84. The van der Waals surface area contributed by atoms with E-state index >= 15 is 0 Å². The monoisotopic (exact) mass is 355 g/mol. The minimum atomic E-state index is -3.64. The smallest absolute Gasteiger partial charge is 0.251 e. The van der Waals surface area contributed by atoms with Gasteiger partial charge in [0.15, 0.2) is 0 Å². The Bertz CT molecular complexity index is 642. The van der Waals surface area contributed by atoms with Crippen molar-refractivity contribution in [1.29, 1.82) is 0 Å². The number of nitrogens with one attached hydrogen (secondary N) is 3. The molecule has 1 saturated heterocycles. The number of piperidine rings is 1. The summed E-state index contributed by atoms with van der Waals surface area (Å²) < 4.78 is 32.8. The van der Waals surface area contributed by atoms with E-state index in [-0.39, 0.29) is 16.8 Å². The largest absolute Gasteiger partial charge is 0.380 e. The van der Waals surface area contributed by atoms with Crippen LogP contribution in [0.5, 0.6) is 0 Å². The zero-order valence-electron chi connectivity index (χ0n) is 13.9. The molecule has 2 rings (SSSR count). The van der Waals surface area contributed by atoms with E-state index in [0.29, 0.717) is 31.9 Å². The molecule has 1 aliphatic rings. The van der Waals surface area contributed by atoms with Gasteiger partial charge in [0, 0.05) is 31.3 Å². The van der Waals surface area contributed by atoms with Gasteiger partial charge in [0.1, 0.15) is 0 Å². The van der Waals surface area contributed by atoms with Gasteiger partial charge in [0.2, 0.25) is 10.0 Å². The quantitative estimate of drug-likeness (QED) is 0.590. The first-order valence-corrected chi connectivity index (χ1v) is 9.70. The van der Waals surface area contributed by atoms with Gasteiger partial charge in [-0.3, -0.25) is 4.79 Å². The first-order valence-electron chi connectivity index (χ1n) is 8.22. The molecule has 1 aliphatic heterocycles. The van der Waals surface area contributed by atoms with E-state index in [1.54, 1.807) is 12.1 Å². The van der Waals surface area contributed by atoms with Crippen molar-refractivity contribution in [1.82, 2.24) is 15.4 Å². The molecule has 3 N–H and O–H groups in total. The molecule has 1 aromatic rings. The van der Waals surface area contributed by atoms with Crippen LogP contribution in [0.2, 0.25) is 0 Å². The fourth-order valence-electron chi connectivity index (χ4n) is 2.53. The van der Waals surface area contributed by atoms with Crippen molar-refractivity contribution in [3.8, 4) is 0 Å². The van der Waals surface area contributed by atoms with E-state index in [4.69, 9.17) is 4.74 Å². The van der Waals surface area contributed by atoms with E-state index < -0.39 is 10.0 Å². The lowest BCUT2D eigenvalue weighted by Crippen LogP contribution is -2.45.